The van der Waals surface area contributed by atoms with Crippen LogP contribution in [0.3, 0.4) is 0 Å². The Kier molecular flexibility index (Phi) is 4.86. The van der Waals surface area contributed by atoms with Gasteiger partial charge in [0, 0.05) is 45.8 Å². The maximum absolute atomic E-state index is 11.9. The Bertz CT molecular complexity index is 245. The molecule has 0 bridgehead atoms. The van der Waals surface area contributed by atoms with E-state index in [0.29, 0.717) is 13.1 Å². The van der Waals surface area contributed by atoms with Gasteiger partial charge in [-0.2, -0.15) is 13.2 Å². The number of nitrogens with zero attached hydrogens (tertiary/aromatic N) is 2. The van der Waals surface area contributed by atoms with Crippen LogP contribution in [0.25, 0.3) is 0 Å². The van der Waals surface area contributed by atoms with Gasteiger partial charge in [-0.25, -0.2) is 0 Å². The molecule has 2 aliphatic rings. The minimum absolute atomic E-state index is 0.419. The van der Waals surface area contributed by atoms with Crippen LogP contribution in [0.15, 0.2) is 0 Å². The van der Waals surface area contributed by atoms with Crippen molar-refractivity contribution < 1.29 is 13.2 Å². The Balaban J connectivity index is 1.50. The van der Waals surface area contributed by atoms with Gasteiger partial charge in [0.15, 0.2) is 0 Å². The van der Waals surface area contributed by atoms with Crippen LogP contribution < -0.4 is 5.32 Å². The molecule has 2 rings (SSSR count). The normalized spacial score (nSPS) is 23.5. The van der Waals surface area contributed by atoms with Crippen LogP contribution in [0.2, 0.25) is 0 Å². The van der Waals surface area contributed by atoms with Crippen molar-refractivity contribution in [2.24, 2.45) is 5.92 Å². The van der Waals surface area contributed by atoms with Gasteiger partial charge in [0.25, 0.3) is 0 Å². The van der Waals surface area contributed by atoms with Gasteiger partial charge >= 0.3 is 6.18 Å². The van der Waals surface area contributed by atoms with Crippen molar-refractivity contribution in [3.05, 3.63) is 0 Å². The van der Waals surface area contributed by atoms with E-state index in [-0.39, 0.29) is 0 Å². The van der Waals surface area contributed by atoms with Crippen molar-refractivity contribution in [3.8, 4) is 0 Å². The lowest BCUT2D eigenvalue weighted by atomic mass is 10.3. The van der Waals surface area contributed by atoms with E-state index in [4.69, 9.17) is 0 Å². The van der Waals surface area contributed by atoms with E-state index in [1.54, 1.807) is 0 Å². The zero-order valence-electron chi connectivity index (χ0n) is 10.7. The third-order valence-corrected chi connectivity index (χ3v) is 3.61. The van der Waals surface area contributed by atoms with E-state index >= 15 is 0 Å². The van der Waals surface area contributed by atoms with E-state index in [0.717, 1.165) is 32.1 Å². The van der Waals surface area contributed by atoms with E-state index in [1.165, 1.54) is 19.4 Å². The summed E-state index contributed by atoms with van der Waals surface area (Å²) in [5.41, 5.74) is 0. The topological polar surface area (TPSA) is 18.5 Å². The second-order valence-corrected chi connectivity index (χ2v) is 5.38. The summed E-state index contributed by atoms with van der Waals surface area (Å²) in [5, 5.41) is 2.45. The monoisotopic (exact) mass is 265 g/mol. The third kappa shape index (κ3) is 5.54. The molecule has 1 aliphatic carbocycles. The summed E-state index contributed by atoms with van der Waals surface area (Å²) < 4.78 is 35.8. The highest BCUT2D eigenvalue weighted by molar-refractivity contribution is 4.80. The molecule has 1 saturated heterocycles. The van der Waals surface area contributed by atoms with E-state index in [9.17, 15) is 13.2 Å². The Morgan fingerprint density at radius 1 is 1.00 bits per heavy atom. The Morgan fingerprint density at radius 2 is 1.61 bits per heavy atom. The first-order chi connectivity index (χ1) is 8.53. The SMILES string of the molecule is FC(F)(F)CNCCN1CCN(CC2CC2)CC1. The number of rotatable bonds is 6. The molecule has 3 nitrogen and oxygen atoms in total. The molecule has 0 aromatic rings. The van der Waals surface area contributed by atoms with Crippen molar-refractivity contribution in [2.75, 3.05) is 52.4 Å². The van der Waals surface area contributed by atoms with Gasteiger partial charge in [-0.1, -0.05) is 0 Å². The third-order valence-electron chi connectivity index (χ3n) is 3.61. The number of hydrogen-bond donors (Lipinski definition) is 1. The van der Waals surface area contributed by atoms with Gasteiger partial charge in [0.2, 0.25) is 0 Å². The predicted octanol–water partition coefficient (Wildman–Crippen LogP) is 1.17. The van der Waals surface area contributed by atoms with Crippen molar-refractivity contribution >= 4 is 0 Å². The molecule has 0 radical (unpaired) electrons. The molecule has 6 heteroatoms. The number of piperazine rings is 1. The fourth-order valence-corrected chi connectivity index (χ4v) is 2.33. The van der Waals surface area contributed by atoms with Crippen LogP contribution in [0.4, 0.5) is 13.2 Å². The zero-order chi connectivity index (χ0) is 13.0. The Hall–Kier alpha value is -0.330. The maximum Gasteiger partial charge on any atom is 0.401 e. The van der Waals surface area contributed by atoms with Crippen molar-refractivity contribution in [1.82, 2.24) is 15.1 Å². The summed E-state index contributed by atoms with van der Waals surface area (Å²) in [6.07, 6.45) is -1.34. The molecule has 18 heavy (non-hydrogen) atoms. The van der Waals surface area contributed by atoms with Crippen molar-refractivity contribution in [1.29, 1.82) is 0 Å². The average molecular weight is 265 g/mol. The highest BCUT2D eigenvalue weighted by Crippen LogP contribution is 2.29. The lowest BCUT2D eigenvalue weighted by molar-refractivity contribution is -0.124. The van der Waals surface area contributed by atoms with Gasteiger partial charge in [-0.05, 0) is 18.8 Å². The van der Waals surface area contributed by atoms with Crippen LogP contribution >= 0.6 is 0 Å². The highest BCUT2D eigenvalue weighted by atomic mass is 19.4. The van der Waals surface area contributed by atoms with Gasteiger partial charge in [0.1, 0.15) is 0 Å². The van der Waals surface area contributed by atoms with Crippen LogP contribution in [-0.4, -0.2) is 68.3 Å². The molecule has 106 valence electrons. The minimum atomic E-state index is -4.09. The smallest absolute Gasteiger partial charge is 0.307 e. The molecule has 0 aromatic carbocycles. The molecule has 0 atom stereocenters. The molecule has 0 amide bonds. The first-order valence-electron chi connectivity index (χ1n) is 6.75. The molecule has 2 fully saturated rings. The first kappa shape index (κ1) is 14.1. The highest BCUT2D eigenvalue weighted by Gasteiger charge is 2.27. The summed E-state index contributed by atoms with van der Waals surface area (Å²) >= 11 is 0. The quantitative estimate of drug-likeness (QED) is 0.727. The summed E-state index contributed by atoms with van der Waals surface area (Å²) in [4.78, 5) is 4.73. The molecule has 1 N–H and O–H groups in total. The second-order valence-electron chi connectivity index (χ2n) is 5.38. The van der Waals surface area contributed by atoms with E-state index in [1.807, 2.05) is 0 Å². The van der Waals surface area contributed by atoms with E-state index in [2.05, 4.69) is 15.1 Å². The fraction of sp³-hybridized carbons (Fsp3) is 1.00. The molecule has 1 saturated carbocycles. The lowest BCUT2D eigenvalue weighted by Gasteiger charge is -2.34. The summed E-state index contributed by atoms with van der Waals surface area (Å²) in [5.74, 6) is 0.921. The van der Waals surface area contributed by atoms with Crippen LogP contribution in [0.1, 0.15) is 12.8 Å². The van der Waals surface area contributed by atoms with Crippen LogP contribution in [0, 0.1) is 5.92 Å². The van der Waals surface area contributed by atoms with Gasteiger partial charge in [-0.15, -0.1) is 0 Å². The predicted molar refractivity (Wildman–Crippen MR) is 64.5 cm³/mol. The summed E-state index contributed by atoms with van der Waals surface area (Å²) in [6.45, 7) is 5.58. The number of nitrogens with one attached hydrogen (secondary N) is 1. The van der Waals surface area contributed by atoms with Crippen molar-refractivity contribution in [2.45, 2.75) is 19.0 Å². The minimum Gasteiger partial charge on any atom is -0.307 e. The molecule has 0 aromatic heterocycles. The second kappa shape index (κ2) is 6.21. The molecular weight excluding hydrogens is 243 g/mol. The zero-order valence-corrected chi connectivity index (χ0v) is 10.7. The van der Waals surface area contributed by atoms with Crippen LogP contribution in [-0.2, 0) is 0 Å². The fourth-order valence-electron chi connectivity index (χ4n) is 2.33. The molecule has 1 heterocycles. The Morgan fingerprint density at radius 3 is 2.17 bits per heavy atom. The largest absolute Gasteiger partial charge is 0.401 e. The molecule has 0 spiro atoms. The summed E-state index contributed by atoms with van der Waals surface area (Å²) in [6, 6.07) is 0. The molecular formula is C12H22F3N3. The number of alkyl halides is 3. The van der Waals surface area contributed by atoms with Gasteiger partial charge < -0.3 is 10.2 Å². The standard InChI is InChI=1S/C12H22F3N3/c13-12(14,15)10-16-3-4-17-5-7-18(8-6-17)9-11-1-2-11/h11,16H,1-10H2. The Labute approximate surface area is 106 Å². The van der Waals surface area contributed by atoms with Gasteiger partial charge in [-0.3, -0.25) is 4.90 Å². The maximum atomic E-state index is 11.9. The van der Waals surface area contributed by atoms with Gasteiger partial charge in [0.05, 0.1) is 6.54 Å². The molecule has 1 aliphatic heterocycles. The molecule has 0 unspecified atom stereocenters. The first-order valence-corrected chi connectivity index (χ1v) is 6.75. The van der Waals surface area contributed by atoms with Crippen molar-refractivity contribution in [3.63, 3.8) is 0 Å². The number of hydrogen-bond acceptors (Lipinski definition) is 3. The average Bonchev–Trinajstić information content (AvgIpc) is 3.09. The summed E-state index contributed by atoms with van der Waals surface area (Å²) in [7, 11) is 0. The van der Waals surface area contributed by atoms with E-state index < -0.39 is 12.7 Å². The number of halogens is 3. The van der Waals surface area contributed by atoms with Crippen LogP contribution in [0.5, 0.6) is 0 Å². The lowest BCUT2D eigenvalue weighted by Crippen LogP contribution is -2.48.